The number of hydrogen-bond donors (Lipinski definition) is 1. The first-order chi connectivity index (χ1) is 13.8. The molecule has 0 bridgehead atoms. The average molecular weight is 423 g/mol. The third-order valence-corrected chi connectivity index (χ3v) is 5.90. The van der Waals surface area contributed by atoms with Gasteiger partial charge >= 0.3 is 5.97 Å². The molecule has 1 aliphatic heterocycles. The highest BCUT2D eigenvalue weighted by Gasteiger charge is 2.34. The molecule has 2 aromatic rings. The van der Waals surface area contributed by atoms with Crippen LogP contribution in [0.15, 0.2) is 17.1 Å². The second kappa shape index (κ2) is 7.57. The number of nitrogens with two attached hydrogens (primary N) is 1. The summed E-state index contributed by atoms with van der Waals surface area (Å²) in [7, 11) is 0. The molecule has 1 saturated carbocycles. The highest BCUT2D eigenvalue weighted by Crippen LogP contribution is 2.37. The number of alkyl halides is 1. The van der Waals surface area contributed by atoms with Crippen molar-refractivity contribution in [2.75, 3.05) is 24.5 Å². The third-order valence-electron chi connectivity index (χ3n) is 5.41. The molecule has 1 saturated heterocycles. The molecule has 4 rings (SSSR count). The molecule has 2 atom stereocenters. The fourth-order valence-corrected chi connectivity index (χ4v) is 4.09. The highest BCUT2D eigenvalue weighted by molar-refractivity contribution is 6.21. The van der Waals surface area contributed by atoms with Crippen molar-refractivity contribution in [2.24, 2.45) is 11.7 Å². The Morgan fingerprint density at radius 2 is 2.14 bits per heavy atom. The van der Waals surface area contributed by atoms with E-state index < -0.39 is 17.2 Å². The molecule has 9 heteroatoms. The van der Waals surface area contributed by atoms with Crippen LogP contribution in [0.2, 0.25) is 0 Å². The molecule has 1 aliphatic carbocycles. The predicted molar refractivity (Wildman–Crippen MR) is 109 cm³/mol. The van der Waals surface area contributed by atoms with Gasteiger partial charge in [-0.3, -0.25) is 4.79 Å². The molecule has 2 N–H and O–H groups in total. The number of pyridine rings is 2. The molecule has 3 heterocycles. The summed E-state index contributed by atoms with van der Waals surface area (Å²) in [5.74, 6) is -1.12. The van der Waals surface area contributed by atoms with E-state index in [4.69, 9.17) is 22.1 Å². The van der Waals surface area contributed by atoms with E-state index >= 15 is 0 Å². The lowest BCUT2D eigenvalue weighted by Crippen LogP contribution is -2.26. The van der Waals surface area contributed by atoms with Gasteiger partial charge in [0, 0.05) is 31.2 Å². The Balaban J connectivity index is 1.84. The molecule has 29 heavy (non-hydrogen) atoms. The topological polar surface area (TPSA) is 90.5 Å². The lowest BCUT2D eigenvalue weighted by atomic mass is 10.1. The lowest BCUT2D eigenvalue weighted by molar-refractivity contribution is 0.0375. The Morgan fingerprint density at radius 3 is 2.72 bits per heavy atom. The van der Waals surface area contributed by atoms with E-state index in [-0.39, 0.29) is 40.2 Å². The van der Waals surface area contributed by atoms with Gasteiger partial charge in [0.25, 0.3) is 0 Å². The first-order valence-electron chi connectivity index (χ1n) is 9.85. The zero-order chi connectivity index (χ0) is 20.9. The van der Waals surface area contributed by atoms with Crippen LogP contribution in [0.4, 0.5) is 10.2 Å². The number of esters is 1. The normalized spacial score (nSPS) is 21.9. The van der Waals surface area contributed by atoms with E-state index in [1.165, 1.54) is 12.3 Å². The van der Waals surface area contributed by atoms with Gasteiger partial charge in [-0.2, -0.15) is 0 Å². The molecule has 156 valence electrons. The second-order valence-electron chi connectivity index (χ2n) is 8.05. The predicted octanol–water partition coefficient (Wildman–Crippen LogP) is 2.44. The molecule has 0 aromatic carbocycles. The smallest absolute Gasteiger partial charge is 0.343 e. The number of aromatic nitrogens is 2. The van der Waals surface area contributed by atoms with Crippen LogP contribution in [0.25, 0.3) is 11.0 Å². The number of hydrogen-bond acceptors (Lipinski definition) is 6. The summed E-state index contributed by atoms with van der Waals surface area (Å²) in [6.07, 6.45) is 2.96. The van der Waals surface area contributed by atoms with Gasteiger partial charge in [0.15, 0.2) is 11.6 Å². The van der Waals surface area contributed by atoms with Crippen molar-refractivity contribution in [1.82, 2.24) is 9.55 Å². The van der Waals surface area contributed by atoms with Gasteiger partial charge < -0.3 is 19.9 Å². The van der Waals surface area contributed by atoms with Crippen molar-refractivity contribution in [3.05, 3.63) is 33.9 Å². The number of nitrogens with zero attached hydrogens (tertiary/aromatic N) is 3. The fraction of sp³-hybridized carbons (Fsp3) is 0.550. The number of rotatable bonds is 5. The van der Waals surface area contributed by atoms with E-state index in [0.717, 1.165) is 12.8 Å². The number of carbonyl (C=O) groups is 1. The minimum Gasteiger partial charge on any atom is -0.459 e. The van der Waals surface area contributed by atoms with Crippen molar-refractivity contribution < 1.29 is 13.9 Å². The van der Waals surface area contributed by atoms with Crippen LogP contribution in [0, 0.1) is 11.7 Å². The van der Waals surface area contributed by atoms with Crippen molar-refractivity contribution in [1.29, 1.82) is 0 Å². The summed E-state index contributed by atoms with van der Waals surface area (Å²) in [4.78, 5) is 31.6. The maximum Gasteiger partial charge on any atom is 0.343 e. The number of carbonyl (C=O) groups excluding carboxylic acids is 1. The summed E-state index contributed by atoms with van der Waals surface area (Å²) in [5, 5.41) is -0.107. The lowest BCUT2D eigenvalue weighted by Gasteiger charge is -2.20. The molecular formula is C20H24ClFN4O3. The third kappa shape index (κ3) is 3.71. The van der Waals surface area contributed by atoms with Gasteiger partial charge in [0.2, 0.25) is 5.43 Å². The summed E-state index contributed by atoms with van der Waals surface area (Å²) < 4.78 is 21.9. The average Bonchev–Trinajstić information content (AvgIpc) is 3.43. The first-order valence-corrected chi connectivity index (χ1v) is 10.3. The van der Waals surface area contributed by atoms with Crippen LogP contribution in [-0.2, 0) is 4.74 Å². The van der Waals surface area contributed by atoms with Crippen LogP contribution in [-0.4, -0.2) is 46.6 Å². The molecule has 2 aromatic heterocycles. The fourth-order valence-electron chi connectivity index (χ4n) is 3.74. The number of anilines is 1. The second-order valence-corrected chi connectivity index (χ2v) is 8.61. The number of halogens is 2. The zero-order valence-corrected chi connectivity index (χ0v) is 17.2. The quantitative estimate of drug-likeness (QED) is 0.588. The van der Waals surface area contributed by atoms with E-state index in [0.29, 0.717) is 25.3 Å². The molecule has 7 nitrogen and oxygen atoms in total. The molecular weight excluding hydrogens is 399 g/mol. The van der Waals surface area contributed by atoms with E-state index in [2.05, 4.69) is 4.98 Å². The van der Waals surface area contributed by atoms with Gasteiger partial charge in [-0.1, -0.05) is 0 Å². The molecule has 0 spiro atoms. The van der Waals surface area contributed by atoms with Crippen molar-refractivity contribution >= 4 is 34.4 Å². The summed E-state index contributed by atoms with van der Waals surface area (Å²) in [5.41, 5.74) is 5.45. The van der Waals surface area contributed by atoms with Gasteiger partial charge in [-0.15, -0.1) is 11.6 Å². The van der Waals surface area contributed by atoms with Crippen LogP contribution in [0.3, 0.4) is 0 Å². The monoisotopic (exact) mass is 422 g/mol. The van der Waals surface area contributed by atoms with Crippen LogP contribution in [0.5, 0.6) is 0 Å². The molecule has 0 radical (unpaired) electrons. The Bertz CT molecular complexity index is 1020. The Kier molecular flexibility index (Phi) is 5.25. The van der Waals surface area contributed by atoms with Gasteiger partial charge in [0.05, 0.1) is 16.9 Å². The minimum absolute atomic E-state index is 0.0485. The summed E-state index contributed by atoms with van der Waals surface area (Å²) in [6, 6.07) is 1.30. The number of ether oxygens (including phenoxy) is 1. The molecule has 2 unspecified atom stereocenters. The Morgan fingerprint density at radius 1 is 1.41 bits per heavy atom. The minimum atomic E-state index is -0.707. The van der Waals surface area contributed by atoms with E-state index in [9.17, 15) is 14.0 Å². The van der Waals surface area contributed by atoms with Gasteiger partial charge in [-0.25, -0.2) is 14.2 Å². The highest BCUT2D eigenvalue weighted by atomic mass is 35.5. The standard InChI is InChI=1S/C20H24ClFN4O3/c1-10(2)29-20(28)14-8-26(12-3-4-12)18-13(17(14)27)5-16(22)19(24-18)25-7-11(6-23)15(21)9-25/h5,8,10-12,15H,3-4,6-7,9,23H2,1-2H3. The van der Waals surface area contributed by atoms with E-state index in [1.54, 1.807) is 23.3 Å². The van der Waals surface area contributed by atoms with Gasteiger partial charge in [0.1, 0.15) is 11.2 Å². The summed E-state index contributed by atoms with van der Waals surface area (Å²) >= 11 is 6.33. The van der Waals surface area contributed by atoms with Crippen LogP contribution < -0.4 is 16.1 Å². The largest absolute Gasteiger partial charge is 0.459 e. The zero-order valence-electron chi connectivity index (χ0n) is 16.4. The van der Waals surface area contributed by atoms with Crippen LogP contribution >= 0.6 is 11.6 Å². The SMILES string of the molecule is CC(C)OC(=O)c1cn(C2CC2)c2nc(N3CC(Cl)C(CN)C3)c(F)cc2c1=O. The Labute approximate surface area is 172 Å². The Hall–Kier alpha value is -2.19. The van der Waals surface area contributed by atoms with Crippen molar-refractivity contribution in [3.63, 3.8) is 0 Å². The maximum absolute atomic E-state index is 15.0. The first kappa shape index (κ1) is 20.1. The van der Waals surface area contributed by atoms with Crippen molar-refractivity contribution in [3.8, 4) is 0 Å². The van der Waals surface area contributed by atoms with Gasteiger partial charge in [-0.05, 0) is 39.3 Å². The van der Waals surface area contributed by atoms with Crippen molar-refractivity contribution in [2.45, 2.75) is 44.2 Å². The molecule has 0 amide bonds. The van der Waals surface area contributed by atoms with E-state index in [1.807, 2.05) is 0 Å². The number of fused-ring (bicyclic) bond motifs is 1. The summed E-state index contributed by atoms with van der Waals surface area (Å²) in [6.45, 7) is 4.77. The molecule has 2 aliphatic rings. The van der Waals surface area contributed by atoms with Crippen LogP contribution in [0.1, 0.15) is 43.1 Å². The maximum atomic E-state index is 15.0. The molecule has 2 fully saturated rings.